The largest absolute Gasteiger partial charge is 0.496 e. The Morgan fingerprint density at radius 1 is 1.47 bits per heavy atom. The van der Waals surface area contributed by atoms with Crippen molar-refractivity contribution >= 4 is 29.3 Å². The first-order chi connectivity index (χ1) is 8.93. The van der Waals surface area contributed by atoms with Crippen molar-refractivity contribution in [2.75, 3.05) is 19.0 Å². The van der Waals surface area contributed by atoms with Gasteiger partial charge in [0.15, 0.2) is 0 Å². The van der Waals surface area contributed by atoms with Gasteiger partial charge in [-0.3, -0.25) is 0 Å². The number of benzene rings is 1. The molecule has 0 bridgehead atoms. The third-order valence-electron chi connectivity index (χ3n) is 2.13. The summed E-state index contributed by atoms with van der Waals surface area (Å²) in [5, 5.41) is 14.2. The number of halogens is 1. The Balaban J connectivity index is 2.77. The van der Waals surface area contributed by atoms with Crippen LogP contribution in [0.5, 0.6) is 5.75 Å². The number of nitrogens with one attached hydrogen (secondary N) is 2. The Labute approximate surface area is 115 Å². The number of urea groups is 1. The summed E-state index contributed by atoms with van der Waals surface area (Å²) in [7, 11) is 1.35. The lowest BCUT2D eigenvalue weighted by atomic mass is 10.2. The minimum absolute atomic E-state index is 0.0163. The van der Waals surface area contributed by atoms with Gasteiger partial charge in [-0.25, -0.2) is 9.59 Å². The summed E-state index contributed by atoms with van der Waals surface area (Å²) in [5.41, 5.74) is 0.419. The number of anilines is 1. The van der Waals surface area contributed by atoms with Crippen LogP contribution >= 0.6 is 11.6 Å². The molecule has 0 fully saturated rings. The van der Waals surface area contributed by atoms with Gasteiger partial charge in [0.25, 0.3) is 0 Å². The molecule has 0 saturated carbocycles. The number of carbonyl (C=O) groups excluding carboxylic acids is 1. The molecule has 0 radical (unpaired) electrons. The van der Waals surface area contributed by atoms with E-state index in [4.69, 9.17) is 21.4 Å². The fraction of sp³-hybridized carbons (Fsp3) is 0.167. The quantitative estimate of drug-likeness (QED) is 0.774. The van der Waals surface area contributed by atoms with Crippen molar-refractivity contribution in [1.82, 2.24) is 5.32 Å². The van der Waals surface area contributed by atoms with E-state index in [0.717, 1.165) is 0 Å². The molecule has 0 spiro atoms. The molecule has 0 saturated heterocycles. The normalized spacial score (nSPS) is 9.58. The number of carboxylic acid groups (broad SMARTS) is 1. The molecular formula is C12H13ClN2O4. The highest BCUT2D eigenvalue weighted by molar-refractivity contribution is 6.29. The van der Waals surface area contributed by atoms with Crippen molar-refractivity contribution in [2.24, 2.45) is 0 Å². The first-order valence-electron chi connectivity index (χ1n) is 5.23. The van der Waals surface area contributed by atoms with Crippen molar-refractivity contribution in [1.29, 1.82) is 0 Å². The molecule has 0 atom stereocenters. The van der Waals surface area contributed by atoms with Crippen molar-refractivity contribution in [2.45, 2.75) is 0 Å². The molecule has 1 aromatic rings. The van der Waals surface area contributed by atoms with E-state index in [2.05, 4.69) is 17.2 Å². The molecule has 1 rings (SSSR count). The number of ether oxygens (including phenoxy) is 1. The van der Waals surface area contributed by atoms with Crippen LogP contribution in [0.4, 0.5) is 10.5 Å². The standard InChI is InChI=1S/C12H13ClN2O4/c1-7(13)6-14-12(18)15-8-3-4-9(11(16)17)10(5-8)19-2/h3-5H,1,6H2,2H3,(H,16,17)(H2,14,15,18). The zero-order valence-corrected chi connectivity index (χ0v) is 11.0. The Kier molecular flexibility index (Phi) is 5.20. The van der Waals surface area contributed by atoms with E-state index < -0.39 is 12.0 Å². The van der Waals surface area contributed by atoms with E-state index in [-0.39, 0.29) is 17.9 Å². The summed E-state index contributed by atoms with van der Waals surface area (Å²) in [6, 6.07) is 3.74. The number of methoxy groups -OCH3 is 1. The number of carboxylic acids is 1. The fourth-order valence-electron chi connectivity index (χ4n) is 1.30. The molecule has 7 heteroatoms. The number of aromatic carboxylic acids is 1. The highest BCUT2D eigenvalue weighted by atomic mass is 35.5. The summed E-state index contributed by atoms with van der Waals surface area (Å²) in [4.78, 5) is 22.3. The van der Waals surface area contributed by atoms with Crippen LogP contribution in [-0.2, 0) is 0 Å². The van der Waals surface area contributed by atoms with E-state index in [1.807, 2.05) is 0 Å². The smallest absolute Gasteiger partial charge is 0.339 e. The van der Waals surface area contributed by atoms with E-state index in [9.17, 15) is 9.59 Å². The summed E-state index contributed by atoms with van der Waals surface area (Å²) in [6.45, 7) is 3.57. The topological polar surface area (TPSA) is 87.7 Å². The van der Waals surface area contributed by atoms with Gasteiger partial charge in [-0.05, 0) is 12.1 Å². The molecule has 0 aliphatic rings. The second-order valence-electron chi connectivity index (χ2n) is 3.55. The summed E-state index contributed by atoms with van der Waals surface area (Å²) in [6.07, 6.45) is 0. The van der Waals surface area contributed by atoms with Gasteiger partial charge in [0.2, 0.25) is 0 Å². The zero-order chi connectivity index (χ0) is 14.4. The summed E-state index contributed by atoms with van der Waals surface area (Å²) in [5.74, 6) is -0.946. The molecule has 1 aromatic carbocycles. The van der Waals surface area contributed by atoms with Crippen molar-refractivity contribution in [3.05, 3.63) is 35.4 Å². The highest BCUT2D eigenvalue weighted by Gasteiger charge is 2.12. The molecule has 0 aromatic heterocycles. The van der Waals surface area contributed by atoms with Gasteiger partial charge in [-0.2, -0.15) is 0 Å². The van der Waals surface area contributed by atoms with Crippen LogP contribution in [0, 0.1) is 0 Å². The number of hydrogen-bond acceptors (Lipinski definition) is 3. The summed E-state index contributed by atoms with van der Waals surface area (Å²) < 4.78 is 4.94. The molecule has 6 nitrogen and oxygen atoms in total. The predicted octanol–water partition coefficient (Wildman–Crippen LogP) is 2.27. The number of carbonyl (C=O) groups is 2. The number of rotatable bonds is 5. The molecule has 0 aliphatic carbocycles. The van der Waals surface area contributed by atoms with Crippen LogP contribution in [0.1, 0.15) is 10.4 Å². The van der Waals surface area contributed by atoms with Crippen molar-refractivity contribution in [3.8, 4) is 5.75 Å². The maximum atomic E-state index is 11.5. The minimum Gasteiger partial charge on any atom is -0.496 e. The minimum atomic E-state index is -1.11. The zero-order valence-electron chi connectivity index (χ0n) is 10.2. The lowest BCUT2D eigenvalue weighted by molar-refractivity contribution is 0.0693. The average molecular weight is 285 g/mol. The maximum absolute atomic E-state index is 11.5. The maximum Gasteiger partial charge on any atom is 0.339 e. The van der Waals surface area contributed by atoms with Gasteiger partial charge in [-0.15, -0.1) is 0 Å². The molecule has 3 N–H and O–H groups in total. The molecular weight excluding hydrogens is 272 g/mol. The molecule has 2 amide bonds. The first-order valence-corrected chi connectivity index (χ1v) is 5.61. The van der Waals surface area contributed by atoms with Crippen LogP contribution < -0.4 is 15.4 Å². The van der Waals surface area contributed by atoms with Crippen LogP contribution in [0.25, 0.3) is 0 Å². The van der Waals surface area contributed by atoms with Crippen LogP contribution in [0.3, 0.4) is 0 Å². The molecule has 0 unspecified atom stereocenters. The van der Waals surface area contributed by atoms with Crippen LogP contribution in [0.15, 0.2) is 29.8 Å². The first kappa shape index (κ1) is 14.8. The number of hydrogen-bond donors (Lipinski definition) is 3. The van der Waals surface area contributed by atoms with E-state index in [1.165, 1.54) is 25.3 Å². The highest BCUT2D eigenvalue weighted by Crippen LogP contribution is 2.23. The van der Waals surface area contributed by atoms with E-state index in [0.29, 0.717) is 10.7 Å². The number of amides is 2. The average Bonchev–Trinajstić information content (AvgIpc) is 2.35. The van der Waals surface area contributed by atoms with E-state index in [1.54, 1.807) is 0 Å². The third kappa shape index (κ3) is 4.51. The predicted molar refractivity (Wildman–Crippen MR) is 72.0 cm³/mol. The van der Waals surface area contributed by atoms with Gasteiger partial charge < -0.3 is 20.5 Å². The Hall–Kier alpha value is -2.21. The molecule has 0 aliphatic heterocycles. The van der Waals surface area contributed by atoms with Gasteiger partial charge in [0.05, 0.1) is 13.7 Å². The SMILES string of the molecule is C=C(Cl)CNC(=O)Nc1ccc(C(=O)O)c(OC)c1. The summed E-state index contributed by atoms with van der Waals surface area (Å²) >= 11 is 5.51. The van der Waals surface area contributed by atoms with E-state index >= 15 is 0 Å². The second-order valence-corrected chi connectivity index (χ2v) is 4.08. The van der Waals surface area contributed by atoms with Crippen LogP contribution in [0.2, 0.25) is 0 Å². The van der Waals surface area contributed by atoms with Gasteiger partial charge >= 0.3 is 12.0 Å². The van der Waals surface area contributed by atoms with Gasteiger partial charge in [0.1, 0.15) is 11.3 Å². The molecule has 102 valence electrons. The Bertz CT molecular complexity index is 516. The van der Waals surface area contributed by atoms with Crippen molar-refractivity contribution in [3.63, 3.8) is 0 Å². The van der Waals surface area contributed by atoms with Crippen LogP contribution in [-0.4, -0.2) is 30.8 Å². The Morgan fingerprint density at radius 3 is 2.68 bits per heavy atom. The van der Waals surface area contributed by atoms with Gasteiger partial charge in [-0.1, -0.05) is 18.2 Å². The second kappa shape index (κ2) is 6.65. The monoisotopic (exact) mass is 284 g/mol. The molecule has 0 heterocycles. The Morgan fingerprint density at radius 2 is 2.16 bits per heavy atom. The van der Waals surface area contributed by atoms with Gasteiger partial charge in [0, 0.05) is 16.8 Å². The molecule has 19 heavy (non-hydrogen) atoms. The lowest BCUT2D eigenvalue weighted by Crippen LogP contribution is -2.29. The third-order valence-corrected chi connectivity index (χ3v) is 2.26. The lowest BCUT2D eigenvalue weighted by Gasteiger charge is -2.10. The van der Waals surface area contributed by atoms with Crippen molar-refractivity contribution < 1.29 is 19.4 Å². The fourth-order valence-corrected chi connectivity index (χ4v) is 1.36.